The Bertz CT molecular complexity index is 483. The minimum Gasteiger partial charge on any atom is -0.350 e. The maximum absolute atomic E-state index is 4.46. The van der Waals surface area contributed by atoms with Crippen molar-refractivity contribution >= 4 is 5.82 Å². The zero-order valence-corrected chi connectivity index (χ0v) is 11.4. The molecule has 19 heavy (non-hydrogen) atoms. The van der Waals surface area contributed by atoms with Crippen LogP contribution >= 0.6 is 0 Å². The topological polar surface area (TPSA) is 53.9 Å². The average Bonchev–Trinajstić information content (AvgIpc) is 2.47. The van der Waals surface area contributed by atoms with E-state index in [1.807, 2.05) is 43.8 Å². The Hall–Kier alpha value is -2.01. The van der Waals surface area contributed by atoms with Crippen molar-refractivity contribution in [2.75, 3.05) is 18.5 Å². The zero-order valence-electron chi connectivity index (χ0n) is 11.4. The van der Waals surface area contributed by atoms with Gasteiger partial charge in [0.05, 0.1) is 30.3 Å². The Labute approximate surface area is 113 Å². The summed E-state index contributed by atoms with van der Waals surface area (Å²) < 4.78 is 0. The molecule has 0 spiro atoms. The van der Waals surface area contributed by atoms with Crippen molar-refractivity contribution in [1.29, 1.82) is 0 Å². The van der Waals surface area contributed by atoms with Gasteiger partial charge in [-0.3, -0.25) is 9.97 Å². The zero-order chi connectivity index (χ0) is 13.5. The summed E-state index contributed by atoms with van der Waals surface area (Å²) in [4.78, 5) is 15.3. The molecule has 0 unspecified atom stereocenters. The van der Waals surface area contributed by atoms with Crippen molar-refractivity contribution < 1.29 is 0 Å². The van der Waals surface area contributed by atoms with Crippen LogP contribution in [0.5, 0.6) is 0 Å². The van der Waals surface area contributed by atoms with E-state index in [-0.39, 0.29) is 0 Å². The molecule has 0 saturated heterocycles. The van der Waals surface area contributed by atoms with E-state index in [1.165, 1.54) is 0 Å². The Morgan fingerprint density at radius 1 is 1.11 bits per heavy atom. The highest BCUT2D eigenvalue weighted by molar-refractivity contribution is 5.36. The van der Waals surface area contributed by atoms with E-state index >= 15 is 0 Å². The lowest BCUT2D eigenvalue weighted by Crippen LogP contribution is -2.24. The fourth-order valence-electron chi connectivity index (χ4n) is 1.83. The minimum absolute atomic E-state index is 0.736. The summed E-state index contributed by atoms with van der Waals surface area (Å²) in [7, 11) is 1.90. The fraction of sp³-hybridized carbons (Fsp3) is 0.357. The normalized spacial score (nSPS) is 10.4. The van der Waals surface area contributed by atoms with Crippen LogP contribution in [-0.4, -0.2) is 28.5 Å². The van der Waals surface area contributed by atoms with Crippen LogP contribution in [0.4, 0.5) is 5.82 Å². The molecule has 0 aliphatic rings. The monoisotopic (exact) mass is 257 g/mol. The molecule has 5 nitrogen and oxygen atoms in total. The van der Waals surface area contributed by atoms with Gasteiger partial charge in [0.15, 0.2) is 0 Å². The number of hydrogen-bond acceptors (Lipinski definition) is 5. The highest BCUT2D eigenvalue weighted by Gasteiger charge is 2.07. The van der Waals surface area contributed by atoms with Crippen LogP contribution in [0, 0.1) is 0 Å². The van der Waals surface area contributed by atoms with E-state index < -0.39 is 0 Å². The number of nitrogens with one attached hydrogen (secondary N) is 1. The van der Waals surface area contributed by atoms with Crippen LogP contribution in [0.1, 0.15) is 18.3 Å². The number of nitrogens with zero attached hydrogens (tertiary/aromatic N) is 4. The predicted octanol–water partition coefficient (Wildman–Crippen LogP) is 1.62. The summed E-state index contributed by atoms with van der Waals surface area (Å²) in [5.41, 5.74) is 1.98. The molecule has 0 radical (unpaired) electrons. The van der Waals surface area contributed by atoms with Gasteiger partial charge in [-0.15, -0.1) is 0 Å². The van der Waals surface area contributed by atoms with E-state index in [2.05, 4.69) is 32.1 Å². The third-order valence-corrected chi connectivity index (χ3v) is 2.83. The molecular weight excluding hydrogens is 238 g/mol. The highest BCUT2D eigenvalue weighted by atomic mass is 15.2. The van der Waals surface area contributed by atoms with Crippen molar-refractivity contribution in [2.45, 2.75) is 20.0 Å². The Morgan fingerprint density at radius 3 is 2.58 bits per heavy atom. The molecule has 0 amide bonds. The maximum Gasteiger partial charge on any atom is 0.147 e. The summed E-state index contributed by atoms with van der Waals surface area (Å²) in [6, 6.07) is 5.94. The Morgan fingerprint density at radius 2 is 2.00 bits per heavy atom. The molecule has 2 heterocycles. The van der Waals surface area contributed by atoms with Gasteiger partial charge in [-0.1, -0.05) is 6.07 Å². The summed E-state index contributed by atoms with van der Waals surface area (Å²) in [5.74, 6) is 0.882. The van der Waals surface area contributed by atoms with Gasteiger partial charge in [0.2, 0.25) is 0 Å². The first-order valence-electron chi connectivity index (χ1n) is 6.44. The van der Waals surface area contributed by atoms with Crippen LogP contribution in [0.2, 0.25) is 0 Å². The van der Waals surface area contributed by atoms with Gasteiger partial charge in [0.25, 0.3) is 0 Å². The summed E-state index contributed by atoms with van der Waals surface area (Å²) >= 11 is 0. The molecule has 2 aromatic rings. The number of pyridine rings is 1. The molecule has 0 aliphatic heterocycles. The van der Waals surface area contributed by atoms with Crippen LogP contribution < -0.4 is 10.2 Å². The second-order valence-corrected chi connectivity index (χ2v) is 4.23. The van der Waals surface area contributed by atoms with Crippen molar-refractivity contribution in [1.82, 2.24) is 20.3 Å². The van der Waals surface area contributed by atoms with E-state index in [1.54, 1.807) is 0 Å². The van der Waals surface area contributed by atoms with E-state index in [9.17, 15) is 0 Å². The van der Waals surface area contributed by atoms with Gasteiger partial charge in [0.1, 0.15) is 5.82 Å². The molecular formula is C14H19N5. The molecule has 5 heteroatoms. The molecule has 0 fully saturated rings. The number of aromatic nitrogens is 3. The highest BCUT2D eigenvalue weighted by Crippen LogP contribution is 2.12. The molecule has 0 atom stereocenters. The molecule has 0 bridgehead atoms. The Kier molecular flexibility index (Phi) is 4.80. The Balaban J connectivity index is 2.08. The molecule has 0 saturated carbocycles. The predicted molar refractivity (Wildman–Crippen MR) is 75.8 cm³/mol. The van der Waals surface area contributed by atoms with Gasteiger partial charge >= 0.3 is 0 Å². The van der Waals surface area contributed by atoms with Crippen molar-refractivity contribution in [3.8, 4) is 0 Å². The fourth-order valence-corrected chi connectivity index (χ4v) is 1.83. The van der Waals surface area contributed by atoms with Gasteiger partial charge in [0, 0.05) is 19.3 Å². The van der Waals surface area contributed by atoms with E-state index in [4.69, 9.17) is 0 Å². The van der Waals surface area contributed by atoms with Crippen LogP contribution in [0.3, 0.4) is 0 Å². The quantitative estimate of drug-likeness (QED) is 0.852. The average molecular weight is 257 g/mol. The third kappa shape index (κ3) is 3.72. The number of hydrogen-bond donors (Lipinski definition) is 1. The molecule has 2 aromatic heterocycles. The second kappa shape index (κ2) is 6.80. The standard InChI is InChI=1S/C14H19N5/c1-3-19(11-12-6-4-5-7-16-12)14-10-17-13(8-15-2)9-18-14/h4-7,9-10,15H,3,8,11H2,1-2H3. The largest absolute Gasteiger partial charge is 0.350 e. The summed E-state index contributed by atoms with van der Waals surface area (Å²) in [5, 5.41) is 3.06. The lowest BCUT2D eigenvalue weighted by molar-refractivity contribution is 0.763. The molecule has 0 aliphatic carbocycles. The van der Waals surface area contributed by atoms with Gasteiger partial charge in [-0.2, -0.15) is 0 Å². The van der Waals surface area contributed by atoms with Crippen LogP contribution in [0.15, 0.2) is 36.8 Å². The van der Waals surface area contributed by atoms with Gasteiger partial charge in [-0.25, -0.2) is 4.98 Å². The lowest BCUT2D eigenvalue weighted by atomic mass is 10.3. The van der Waals surface area contributed by atoms with Crippen LogP contribution in [0.25, 0.3) is 0 Å². The molecule has 2 rings (SSSR count). The summed E-state index contributed by atoms with van der Waals surface area (Å²) in [6.45, 7) is 4.46. The van der Waals surface area contributed by atoms with Crippen molar-refractivity contribution in [3.05, 3.63) is 48.2 Å². The van der Waals surface area contributed by atoms with Gasteiger partial charge in [-0.05, 0) is 26.1 Å². The third-order valence-electron chi connectivity index (χ3n) is 2.83. The van der Waals surface area contributed by atoms with Crippen LogP contribution in [-0.2, 0) is 13.1 Å². The van der Waals surface area contributed by atoms with Crippen molar-refractivity contribution in [3.63, 3.8) is 0 Å². The van der Waals surface area contributed by atoms with E-state index in [0.717, 1.165) is 36.8 Å². The summed E-state index contributed by atoms with van der Waals surface area (Å²) in [6.07, 6.45) is 5.44. The van der Waals surface area contributed by atoms with Crippen molar-refractivity contribution in [2.24, 2.45) is 0 Å². The first-order valence-corrected chi connectivity index (χ1v) is 6.44. The SMILES string of the molecule is CCN(Cc1ccccn1)c1cnc(CNC)cn1. The van der Waals surface area contributed by atoms with Gasteiger partial charge < -0.3 is 10.2 Å². The smallest absolute Gasteiger partial charge is 0.147 e. The van der Waals surface area contributed by atoms with E-state index in [0.29, 0.717) is 0 Å². The molecule has 1 N–H and O–H groups in total. The molecule has 100 valence electrons. The number of rotatable bonds is 6. The number of anilines is 1. The molecule has 0 aromatic carbocycles. The maximum atomic E-state index is 4.46. The second-order valence-electron chi connectivity index (χ2n) is 4.23. The first-order chi connectivity index (χ1) is 9.33. The lowest BCUT2D eigenvalue weighted by Gasteiger charge is -2.21. The first kappa shape index (κ1) is 13.4. The minimum atomic E-state index is 0.736.